The number of hydrogen-bond donors (Lipinski definition) is 1. The van der Waals surface area contributed by atoms with Gasteiger partial charge in [0.15, 0.2) is 0 Å². The smallest absolute Gasteiger partial charge is 0.0900 e. The molecular weight excluding hydrogens is 298 g/mol. The highest BCUT2D eigenvalue weighted by Crippen LogP contribution is 2.57. The highest BCUT2D eigenvalue weighted by atomic mass is 16.5. The Kier molecular flexibility index (Phi) is 5.94. The monoisotopic (exact) mass is 337 g/mol. The lowest BCUT2D eigenvalue weighted by atomic mass is 9.54. The largest absolute Gasteiger partial charge is 0.389 e. The van der Waals surface area contributed by atoms with Gasteiger partial charge in [0.05, 0.1) is 18.3 Å². The fourth-order valence-electron chi connectivity index (χ4n) is 6.09. The molecule has 0 amide bonds. The molecule has 0 saturated heterocycles. The van der Waals surface area contributed by atoms with Crippen LogP contribution in [0, 0.1) is 29.6 Å². The van der Waals surface area contributed by atoms with Crippen LogP contribution in [0.25, 0.3) is 0 Å². The van der Waals surface area contributed by atoms with Gasteiger partial charge in [0, 0.05) is 19.6 Å². The van der Waals surface area contributed by atoms with Crippen LogP contribution in [-0.2, 0) is 4.74 Å². The van der Waals surface area contributed by atoms with E-state index in [1.807, 2.05) is 0 Å². The number of rotatable bonds is 9. The third-order valence-electron chi connectivity index (χ3n) is 6.28. The van der Waals surface area contributed by atoms with E-state index in [1.54, 1.807) is 0 Å². The van der Waals surface area contributed by atoms with Crippen LogP contribution < -0.4 is 0 Å². The summed E-state index contributed by atoms with van der Waals surface area (Å²) in [5.74, 6) is 4.00. The van der Waals surface area contributed by atoms with Crippen molar-refractivity contribution in [2.24, 2.45) is 29.6 Å². The average molecular weight is 338 g/mol. The number of aliphatic hydroxyl groups excluding tert-OH is 1. The quantitative estimate of drug-likeness (QED) is 0.691. The van der Waals surface area contributed by atoms with Gasteiger partial charge in [-0.05, 0) is 68.1 Å². The Hall–Kier alpha value is -0.120. The second-order valence-electron chi connectivity index (χ2n) is 10.1. The average Bonchev–Trinajstić information content (AvgIpc) is 2.42. The second-order valence-corrected chi connectivity index (χ2v) is 10.1. The van der Waals surface area contributed by atoms with Gasteiger partial charge in [0.1, 0.15) is 0 Å². The van der Waals surface area contributed by atoms with Crippen molar-refractivity contribution in [1.29, 1.82) is 0 Å². The van der Waals surface area contributed by atoms with Crippen LogP contribution in [0.4, 0.5) is 0 Å². The van der Waals surface area contributed by atoms with Crippen molar-refractivity contribution >= 4 is 0 Å². The molecule has 4 saturated carbocycles. The van der Waals surface area contributed by atoms with Crippen molar-refractivity contribution < 1.29 is 9.84 Å². The highest BCUT2D eigenvalue weighted by Gasteiger charge is 2.51. The third-order valence-corrected chi connectivity index (χ3v) is 6.28. The van der Waals surface area contributed by atoms with Crippen LogP contribution >= 0.6 is 0 Å². The topological polar surface area (TPSA) is 32.7 Å². The van der Waals surface area contributed by atoms with Gasteiger partial charge in [-0.25, -0.2) is 0 Å². The Balaban J connectivity index is 1.48. The molecular formula is C21H39NO2. The van der Waals surface area contributed by atoms with Gasteiger partial charge < -0.3 is 14.7 Å². The van der Waals surface area contributed by atoms with E-state index in [0.717, 1.165) is 37.4 Å². The fourth-order valence-corrected chi connectivity index (χ4v) is 6.09. The molecule has 1 N–H and O–H groups in total. The zero-order valence-electron chi connectivity index (χ0n) is 16.3. The maximum absolute atomic E-state index is 10.6. The molecule has 0 unspecified atom stereocenters. The van der Waals surface area contributed by atoms with Crippen LogP contribution in [0.1, 0.15) is 66.2 Å². The normalized spacial score (nSPS) is 36.2. The van der Waals surface area contributed by atoms with Crippen molar-refractivity contribution in [3.63, 3.8) is 0 Å². The van der Waals surface area contributed by atoms with Crippen molar-refractivity contribution in [3.8, 4) is 0 Å². The molecule has 0 spiro atoms. The van der Waals surface area contributed by atoms with E-state index < -0.39 is 0 Å². The number of nitrogens with zero attached hydrogens (tertiary/aromatic N) is 1. The summed E-state index contributed by atoms with van der Waals surface area (Å²) >= 11 is 0. The van der Waals surface area contributed by atoms with E-state index in [2.05, 4.69) is 32.6 Å². The minimum absolute atomic E-state index is 0.122. The third kappa shape index (κ3) is 4.74. The first-order valence-corrected chi connectivity index (χ1v) is 10.4. The molecule has 3 nitrogen and oxygen atoms in total. The van der Waals surface area contributed by atoms with Gasteiger partial charge in [-0.1, -0.05) is 27.7 Å². The molecule has 3 heteroatoms. The number of hydrogen-bond acceptors (Lipinski definition) is 3. The van der Waals surface area contributed by atoms with Crippen molar-refractivity contribution in [2.75, 3.05) is 26.2 Å². The predicted octanol–water partition coefficient (Wildman–Crippen LogP) is 3.95. The zero-order chi connectivity index (χ0) is 17.3. The lowest BCUT2D eigenvalue weighted by Gasteiger charge is -2.56. The molecule has 140 valence electrons. The van der Waals surface area contributed by atoms with E-state index in [9.17, 15) is 5.11 Å². The lowest BCUT2D eigenvalue weighted by Crippen LogP contribution is -2.53. The van der Waals surface area contributed by atoms with E-state index in [0.29, 0.717) is 18.4 Å². The molecule has 4 fully saturated rings. The van der Waals surface area contributed by atoms with E-state index in [1.165, 1.54) is 38.5 Å². The van der Waals surface area contributed by atoms with Gasteiger partial charge in [0.25, 0.3) is 0 Å². The summed E-state index contributed by atoms with van der Waals surface area (Å²) in [5.41, 5.74) is 0.122. The van der Waals surface area contributed by atoms with Gasteiger partial charge in [-0.2, -0.15) is 0 Å². The molecule has 0 radical (unpaired) electrons. The summed E-state index contributed by atoms with van der Waals surface area (Å²) in [4.78, 5) is 2.42. The Labute approximate surface area is 149 Å². The molecule has 0 aromatic heterocycles. The molecule has 1 atom stereocenters. The first-order valence-electron chi connectivity index (χ1n) is 10.4. The van der Waals surface area contributed by atoms with E-state index >= 15 is 0 Å². The van der Waals surface area contributed by atoms with Crippen molar-refractivity contribution in [1.82, 2.24) is 4.90 Å². The van der Waals surface area contributed by atoms with Gasteiger partial charge in [-0.3, -0.25) is 0 Å². The zero-order valence-corrected chi connectivity index (χ0v) is 16.3. The van der Waals surface area contributed by atoms with E-state index in [-0.39, 0.29) is 11.7 Å². The first kappa shape index (κ1) is 18.7. The molecule has 4 rings (SSSR count). The molecule has 0 heterocycles. The van der Waals surface area contributed by atoms with Crippen LogP contribution in [-0.4, -0.2) is 48.0 Å². The molecule has 4 aliphatic carbocycles. The summed E-state index contributed by atoms with van der Waals surface area (Å²) in [6.45, 7) is 12.4. The Morgan fingerprint density at radius 3 is 1.75 bits per heavy atom. The maximum Gasteiger partial charge on any atom is 0.0900 e. The lowest BCUT2D eigenvalue weighted by molar-refractivity contribution is -0.176. The minimum atomic E-state index is -0.351. The number of aliphatic hydroxyl groups is 1. The fraction of sp³-hybridized carbons (Fsp3) is 1.00. The summed E-state index contributed by atoms with van der Waals surface area (Å²) in [5, 5.41) is 10.6. The summed E-state index contributed by atoms with van der Waals surface area (Å²) in [6.07, 6.45) is 7.76. The second kappa shape index (κ2) is 7.63. The van der Waals surface area contributed by atoms with E-state index in [4.69, 9.17) is 4.74 Å². The Bertz CT molecular complexity index is 361. The Morgan fingerprint density at radius 1 is 0.875 bits per heavy atom. The predicted molar refractivity (Wildman–Crippen MR) is 99.0 cm³/mol. The van der Waals surface area contributed by atoms with Gasteiger partial charge >= 0.3 is 0 Å². The van der Waals surface area contributed by atoms with Crippen molar-refractivity contribution in [2.45, 2.75) is 77.9 Å². The minimum Gasteiger partial charge on any atom is -0.389 e. The van der Waals surface area contributed by atoms with Crippen LogP contribution in [0.2, 0.25) is 0 Å². The molecule has 0 aromatic carbocycles. The SMILES string of the molecule is CC(C)CN(CC(C)C)C[C@@H](O)COC12CC3CC(CC(C3)C1)C2. The summed E-state index contributed by atoms with van der Waals surface area (Å²) in [6, 6.07) is 0. The summed E-state index contributed by atoms with van der Waals surface area (Å²) < 4.78 is 6.44. The first-order chi connectivity index (χ1) is 11.3. The van der Waals surface area contributed by atoms with Gasteiger partial charge in [0.2, 0.25) is 0 Å². The van der Waals surface area contributed by atoms with Crippen LogP contribution in [0.15, 0.2) is 0 Å². The van der Waals surface area contributed by atoms with Crippen molar-refractivity contribution in [3.05, 3.63) is 0 Å². The molecule has 0 aromatic rings. The Morgan fingerprint density at radius 2 is 1.33 bits per heavy atom. The maximum atomic E-state index is 10.6. The molecule has 4 bridgehead atoms. The summed E-state index contributed by atoms with van der Waals surface area (Å²) in [7, 11) is 0. The van der Waals surface area contributed by atoms with Crippen LogP contribution in [0.3, 0.4) is 0 Å². The number of ether oxygens (including phenoxy) is 1. The molecule has 24 heavy (non-hydrogen) atoms. The molecule has 0 aliphatic heterocycles. The van der Waals surface area contributed by atoms with Gasteiger partial charge in [-0.15, -0.1) is 0 Å². The molecule has 4 aliphatic rings. The highest BCUT2D eigenvalue weighted by molar-refractivity contribution is 5.03. The standard InChI is InChI=1S/C21H39NO2/c1-15(2)11-22(12-16(3)4)13-20(23)14-24-21-8-17-5-18(9-21)7-19(6-17)10-21/h15-20,23H,5-14H2,1-4H3/t17?,18?,19?,20-,21?/m1/s1. The van der Waals surface area contributed by atoms with Crippen LogP contribution in [0.5, 0.6) is 0 Å².